The number of alkyl halides is 3. The Bertz CT molecular complexity index is 680. The lowest BCUT2D eigenvalue weighted by Crippen LogP contribution is -2.44. The summed E-state index contributed by atoms with van der Waals surface area (Å²) in [7, 11) is 0. The van der Waals surface area contributed by atoms with E-state index < -0.39 is 35.5 Å². The summed E-state index contributed by atoms with van der Waals surface area (Å²) >= 11 is 3.11. The van der Waals surface area contributed by atoms with E-state index in [-0.39, 0.29) is 10.2 Å². The third-order valence-corrected chi connectivity index (χ3v) is 3.21. The summed E-state index contributed by atoms with van der Waals surface area (Å²) in [5.41, 5.74) is -2.13. The van der Waals surface area contributed by atoms with Crippen molar-refractivity contribution in [1.82, 2.24) is 0 Å². The molecule has 27 heavy (non-hydrogen) atoms. The highest BCUT2D eigenvalue weighted by molar-refractivity contribution is 9.10. The van der Waals surface area contributed by atoms with Gasteiger partial charge in [0.1, 0.15) is 17.0 Å². The highest BCUT2D eigenvalue weighted by Gasteiger charge is 2.35. The van der Waals surface area contributed by atoms with Crippen molar-refractivity contribution in [3.8, 4) is 5.75 Å². The second kappa shape index (κ2) is 7.95. The van der Waals surface area contributed by atoms with Crippen molar-refractivity contribution in [2.24, 2.45) is 0 Å². The van der Waals surface area contributed by atoms with E-state index in [1.165, 1.54) is 6.07 Å². The molecular formula is C17H21BrF3NO5. The van der Waals surface area contributed by atoms with Gasteiger partial charge in [0.05, 0.1) is 5.69 Å². The van der Waals surface area contributed by atoms with Gasteiger partial charge in [-0.15, -0.1) is 13.2 Å². The first-order valence-corrected chi connectivity index (χ1v) is 8.59. The minimum atomic E-state index is -4.94. The highest BCUT2D eigenvalue weighted by Crippen LogP contribution is 2.34. The zero-order valence-electron chi connectivity index (χ0n) is 15.7. The number of halogens is 4. The van der Waals surface area contributed by atoms with Crippen molar-refractivity contribution < 1.29 is 37.0 Å². The van der Waals surface area contributed by atoms with Gasteiger partial charge in [-0.2, -0.15) is 4.90 Å². The molecule has 0 aliphatic carbocycles. The number of carbonyl (C=O) groups is 2. The summed E-state index contributed by atoms with van der Waals surface area (Å²) in [4.78, 5) is 25.6. The van der Waals surface area contributed by atoms with E-state index in [0.29, 0.717) is 4.90 Å². The number of ether oxygens (including phenoxy) is 3. The average Bonchev–Trinajstić information content (AvgIpc) is 2.36. The Hall–Kier alpha value is -1.97. The van der Waals surface area contributed by atoms with Crippen LogP contribution in [0.3, 0.4) is 0 Å². The molecular weight excluding hydrogens is 435 g/mol. The van der Waals surface area contributed by atoms with Crippen LogP contribution >= 0.6 is 15.9 Å². The number of hydrogen-bond donors (Lipinski definition) is 0. The van der Waals surface area contributed by atoms with Crippen LogP contribution in [0, 0.1) is 0 Å². The molecule has 2 amide bonds. The van der Waals surface area contributed by atoms with Gasteiger partial charge < -0.3 is 14.2 Å². The maximum absolute atomic E-state index is 12.6. The number of amides is 2. The third-order valence-electron chi connectivity index (χ3n) is 2.54. The maximum atomic E-state index is 12.6. The van der Waals surface area contributed by atoms with E-state index in [4.69, 9.17) is 9.47 Å². The molecule has 0 bridgehead atoms. The van der Waals surface area contributed by atoms with E-state index >= 15 is 0 Å². The van der Waals surface area contributed by atoms with E-state index in [9.17, 15) is 22.8 Å². The Kier molecular flexibility index (Phi) is 6.80. The smallest absolute Gasteiger partial charge is 0.443 e. The third kappa shape index (κ3) is 8.06. The summed E-state index contributed by atoms with van der Waals surface area (Å²) in [5, 5.41) is 0. The largest absolute Gasteiger partial charge is 0.573 e. The Morgan fingerprint density at radius 1 is 0.926 bits per heavy atom. The molecule has 0 spiro atoms. The number of imide groups is 1. The van der Waals surface area contributed by atoms with Gasteiger partial charge in [0.2, 0.25) is 0 Å². The standard InChI is InChI=1S/C17H21BrF3NO5/c1-15(2,3)26-13(23)22(14(24)27-16(4,5)6)12-9-10(7-8-11(12)18)25-17(19,20)21/h7-9H,1-6H3. The first-order valence-electron chi connectivity index (χ1n) is 7.80. The first-order chi connectivity index (χ1) is 12.0. The molecule has 0 N–H and O–H groups in total. The number of anilines is 1. The quantitative estimate of drug-likeness (QED) is 0.544. The van der Waals surface area contributed by atoms with Crippen LogP contribution in [0.25, 0.3) is 0 Å². The van der Waals surface area contributed by atoms with Crippen molar-refractivity contribution in [3.05, 3.63) is 22.7 Å². The van der Waals surface area contributed by atoms with E-state index in [1.807, 2.05) is 0 Å². The van der Waals surface area contributed by atoms with Crippen molar-refractivity contribution in [3.63, 3.8) is 0 Å². The van der Waals surface area contributed by atoms with Crippen molar-refractivity contribution in [1.29, 1.82) is 0 Å². The molecule has 0 fully saturated rings. The lowest BCUT2D eigenvalue weighted by atomic mass is 10.2. The topological polar surface area (TPSA) is 65.1 Å². The fraction of sp³-hybridized carbons (Fsp3) is 0.529. The van der Waals surface area contributed by atoms with Gasteiger partial charge >= 0.3 is 18.5 Å². The number of rotatable bonds is 2. The number of nitrogens with zero attached hydrogens (tertiary/aromatic N) is 1. The van der Waals surface area contributed by atoms with Gasteiger partial charge in [0, 0.05) is 10.5 Å². The molecule has 1 aromatic rings. The van der Waals surface area contributed by atoms with Crippen molar-refractivity contribution in [2.45, 2.75) is 59.1 Å². The van der Waals surface area contributed by atoms with Gasteiger partial charge in [0.15, 0.2) is 0 Å². The molecule has 0 atom stereocenters. The first kappa shape index (κ1) is 23.1. The molecule has 0 aliphatic rings. The fourth-order valence-electron chi connectivity index (χ4n) is 1.75. The van der Waals surface area contributed by atoms with Crippen LogP contribution in [-0.2, 0) is 9.47 Å². The molecule has 0 unspecified atom stereocenters. The predicted molar refractivity (Wildman–Crippen MR) is 95.8 cm³/mol. The lowest BCUT2D eigenvalue weighted by molar-refractivity contribution is -0.274. The Morgan fingerprint density at radius 2 is 1.37 bits per heavy atom. The molecule has 0 aliphatic heterocycles. The minimum Gasteiger partial charge on any atom is -0.443 e. The predicted octanol–water partition coefficient (Wildman–Crippen LogP) is 6.02. The summed E-state index contributed by atoms with van der Waals surface area (Å²) in [6.45, 7) is 9.48. The van der Waals surface area contributed by atoms with Gasteiger partial charge in [-0.3, -0.25) is 0 Å². The zero-order valence-corrected chi connectivity index (χ0v) is 17.3. The van der Waals surface area contributed by atoms with Gasteiger partial charge in [-0.05, 0) is 69.6 Å². The Morgan fingerprint density at radius 3 is 1.74 bits per heavy atom. The Labute approximate surface area is 163 Å². The number of benzene rings is 1. The normalized spacial score (nSPS) is 12.4. The molecule has 152 valence electrons. The van der Waals surface area contributed by atoms with Crippen molar-refractivity contribution in [2.75, 3.05) is 4.90 Å². The highest BCUT2D eigenvalue weighted by atomic mass is 79.9. The van der Waals surface area contributed by atoms with Gasteiger partial charge in [-0.1, -0.05) is 0 Å². The SMILES string of the molecule is CC(C)(C)OC(=O)N(C(=O)OC(C)(C)C)c1cc(OC(F)(F)F)ccc1Br. The molecule has 0 aromatic heterocycles. The van der Waals surface area contributed by atoms with Crippen LogP contribution in [0.1, 0.15) is 41.5 Å². The van der Waals surface area contributed by atoms with Crippen LogP contribution in [0.5, 0.6) is 5.75 Å². The van der Waals surface area contributed by atoms with Crippen LogP contribution < -0.4 is 9.64 Å². The average molecular weight is 456 g/mol. The van der Waals surface area contributed by atoms with E-state index in [2.05, 4.69) is 20.7 Å². The minimum absolute atomic E-state index is 0.161. The summed E-state index contributed by atoms with van der Waals surface area (Å²) in [6.07, 6.45) is -7.16. The molecule has 10 heteroatoms. The molecule has 1 rings (SSSR count). The van der Waals surface area contributed by atoms with Crippen LogP contribution in [0.2, 0.25) is 0 Å². The molecule has 1 aromatic carbocycles. The van der Waals surface area contributed by atoms with Crippen LogP contribution in [0.15, 0.2) is 22.7 Å². The zero-order chi connectivity index (χ0) is 21.2. The van der Waals surface area contributed by atoms with E-state index in [1.54, 1.807) is 41.5 Å². The maximum Gasteiger partial charge on any atom is 0.573 e. The fourth-order valence-corrected chi connectivity index (χ4v) is 2.17. The second-order valence-electron chi connectivity index (χ2n) is 7.46. The lowest BCUT2D eigenvalue weighted by Gasteiger charge is -2.29. The summed E-state index contributed by atoms with van der Waals surface area (Å²) < 4.78 is 51.9. The van der Waals surface area contributed by atoms with Crippen molar-refractivity contribution >= 4 is 33.8 Å². The second-order valence-corrected chi connectivity index (χ2v) is 8.31. The molecule has 6 nitrogen and oxygen atoms in total. The monoisotopic (exact) mass is 455 g/mol. The van der Waals surface area contributed by atoms with Gasteiger partial charge in [-0.25, -0.2) is 9.59 Å². The number of hydrogen-bond acceptors (Lipinski definition) is 5. The van der Waals surface area contributed by atoms with E-state index in [0.717, 1.165) is 12.1 Å². The number of carbonyl (C=O) groups excluding carboxylic acids is 2. The summed E-state index contributed by atoms with van der Waals surface area (Å²) in [5.74, 6) is -0.613. The molecule has 0 saturated heterocycles. The molecule has 0 heterocycles. The van der Waals surface area contributed by atoms with Crippen LogP contribution in [0.4, 0.5) is 28.4 Å². The molecule has 0 saturated carbocycles. The molecule has 0 radical (unpaired) electrons. The van der Waals surface area contributed by atoms with Gasteiger partial charge in [0.25, 0.3) is 0 Å². The Balaban J connectivity index is 3.39. The summed E-state index contributed by atoms with van der Waals surface area (Å²) in [6, 6.07) is 3.12. The van der Waals surface area contributed by atoms with Crippen LogP contribution in [-0.4, -0.2) is 29.8 Å².